The van der Waals surface area contributed by atoms with Crippen LogP contribution >= 0.6 is 0 Å². The van der Waals surface area contributed by atoms with Crippen molar-refractivity contribution in [1.29, 1.82) is 0 Å². The maximum atomic E-state index is 12.8. The fraction of sp³-hybridized carbons (Fsp3) is 0.900. The van der Waals surface area contributed by atoms with Crippen LogP contribution in [0.25, 0.3) is 0 Å². The number of hydrogen-bond donors (Lipinski definition) is 4. The molecule has 5 heteroatoms. The Morgan fingerprint density at radius 2 is 1.54 bits per heavy atom. The third-order valence-electron chi connectivity index (χ3n) is 13.5. The van der Waals surface area contributed by atoms with Gasteiger partial charge >= 0.3 is 5.97 Å². The number of aliphatic hydroxyl groups is 3. The lowest BCUT2D eigenvalue weighted by Crippen LogP contribution is -2.72. The molecule has 0 unspecified atom stereocenters. The molecule has 0 aromatic rings. The van der Waals surface area contributed by atoms with Gasteiger partial charge in [0.25, 0.3) is 0 Å². The molecule has 0 heterocycles. The van der Waals surface area contributed by atoms with Crippen molar-refractivity contribution in [3.8, 4) is 0 Å². The van der Waals surface area contributed by atoms with E-state index in [1.807, 2.05) is 0 Å². The summed E-state index contributed by atoms with van der Waals surface area (Å²) in [4.78, 5) is 12.8. The normalized spacial score (nSPS) is 57.1. The quantitative estimate of drug-likeness (QED) is 0.388. The lowest BCUT2D eigenvalue weighted by atomic mass is 9.33. The van der Waals surface area contributed by atoms with E-state index in [0.29, 0.717) is 11.8 Å². The highest BCUT2D eigenvalue weighted by Gasteiger charge is 2.72. The number of carboxylic acids is 1. The molecule has 0 saturated heterocycles. The molecule has 12 atom stereocenters. The molecule has 5 nitrogen and oxygen atoms in total. The zero-order valence-corrected chi connectivity index (χ0v) is 22.8. The molecule has 0 aromatic heterocycles. The minimum Gasteiger partial charge on any atom is -0.481 e. The van der Waals surface area contributed by atoms with Crippen LogP contribution in [0.4, 0.5) is 0 Å². The largest absolute Gasteiger partial charge is 0.481 e. The molecule has 4 fully saturated rings. The van der Waals surface area contributed by atoms with Gasteiger partial charge in [-0.25, -0.2) is 0 Å². The lowest BCUT2D eigenvalue weighted by molar-refractivity contribution is -0.278. The molecule has 0 radical (unpaired) electrons. The van der Waals surface area contributed by atoms with Gasteiger partial charge in [-0.3, -0.25) is 4.79 Å². The van der Waals surface area contributed by atoms with Crippen LogP contribution in [0.1, 0.15) is 93.4 Å². The second kappa shape index (κ2) is 7.57. The molecule has 0 bridgehead atoms. The summed E-state index contributed by atoms with van der Waals surface area (Å²) in [6.07, 6.45) is 5.34. The zero-order valence-electron chi connectivity index (χ0n) is 22.8. The summed E-state index contributed by atoms with van der Waals surface area (Å²) in [6, 6.07) is 0. The number of aliphatic hydroxyl groups excluding tert-OH is 3. The van der Waals surface area contributed by atoms with Crippen LogP contribution in [-0.2, 0) is 4.79 Å². The number of rotatable bonds is 1. The van der Waals surface area contributed by atoms with Gasteiger partial charge < -0.3 is 20.4 Å². The van der Waals surface area contributed by atoms with Crippen LogP contribution in [0.2, 0.25) is 0 Å². The highest BCUT2D eigenvalue weighted by molar-refractivity contribution is 5.76. The average Bonchev–Trinajstić information content (AvgIpc) is 2.79. The first-order valence-electron chi connectivity index (χ1n) is 14.1. The van der Waals surface area contributed by atoms with Gasteiger partial charge in [-0.1, -0.05) is 60.1 Å². The predicted octanol–water partition coefficient (Wildman–Crippen LogP) is 5.03. The Morgan fingerprint density at radius 1 is 0.886 bits per heavy atom. The maximum Gasteiger partial charge on any atom is 0.310 e. The molecule has 5 rings (SSSR count). The van der Waals surface area contributed by atoms with Crippen LogP contribution < -0.4 is 0 Å². The minimum absolute atomic E-state index is 0.0611. The number of carbonyl (C=O) groups is 1. The van der Waals surface area contributed by atoms with E-state index in [2.05, 4.69) is 54.5 Å². The summed E-state index contributed by atoms with van der Waals surface area (Å²) in [6.45, 7) is 15.6. The van der Waals surface area contributed by atoms with Gasteiger partial charge in [-0.2, -0.15) is 0 Å². The first-order chi connectivity index (χ1) is 16.1. The van der Waals surface area contributed by atoms with E-state index in [4.69, 9.17) is 0 Å². The number of aliphatic carboxylic acids is 1. The highest BCUT2D eigenvalue weighted by atomic mass is 16.4. The maximum absolute atomic E-state index is 12.8. The molecule has 4 N–H and O–H groups in total. The van der Waals surface area contributed by atoms with Crippen molar-refractivity contribution in [3.05, 3.63) is 11.6 Å². The van der Waals surface area contributed by atoms with Gasteiger partial charge in [0.05, 0.1) is 17.6 Å². The number of allylic oxidation sites excluding steroid dienone is 2. The summed E-state index contributed by atoms with van der Waals surface area (Å²) >= 11 is 0. The fourth-order valence-electron chi connectivity index (χ4n) is 10.9. The summed E-state index contributed by atoms with van der Waals surface area (Å²) in [7, 11) is 0. The van der Waals surface area contributed by atoms with Gasteiger partial charge in [0.15, 0.2) is 0 Å². The first kappa shape index (κ1) is 25.7. The molecule has 0 aromatic carbocycles. The smallest absolute Gasteiger partial charge is 0.310 e. The van der Waals surface area contributed by atoms with Crippen molar-refractivity contribution in [1.82, 2.24) is 0 Å². The molecular weight excluding hydrogens is 440 g/mol. The van der Waals surface area contributed by atoms with E-state index in [0.717, 1.165) is 44.9 Å². The van der Waals surface area contributed by atoms with Gasteiger partial charge in [-0.15, -0.1) is 0 Å². The van der Waals surface area contributed by atoms with E-state index in [-0.39, 0.29) is 28.6 Å². The summed E-state index contributed by atoms with van der Waals surface area (Å²) in [5.41, 5.74) is -0.536. The second-order valence-corrected chi connectivity index (χ2v) is 14.7. The van der Waals surface area contributed by atoms with E-state index in [9.17, 15) is 25.2 Å². The Hall–Kier alpha value is -0.910. The molecule has 0 spiro atoms. The number of fused-ring (bicyclic) bond motifs is 7. The molecule has 0 amide bonds. The Morgan fingerprint density at radius 3 is 2.17 bits per heavy atom. The predicted molar refractivity (Wildman–Crippen MR) is 135 cm³/mol. The number of hydrogen-bond acceptors (Lipinski definition) is 4. The van der Waals surface area contributed by atoms with Crippen LogP contribution in [0.3, 0.4) is 0 Å². The van der Waals surface area contributed by atoms with E-state index >= 15 is 0 Å². The summed E-state index contributed by atoms with van der Waals surface area (Å²) in [5, 5.41) is 44.0. The fourth-order valence-corrected chi connectivity index (χ4v) is 10.9. The Labute approximate surface area is 211 Å². The van der Waals surface area contributed by atoms with E-state index in [1.54, 1.807) is 0 Å². The Bertz CT molecular complexity index is 941. The topological polar surface area (TPSA) is 98.0 Å². The first-order valence-corrected chi connectivity index (χ1v) is 14.1. The van der Waals surface area contributed by atoms with E-state index < -0.39 is 40.5 Å². The summed E-state index contributed by atoms with van der Waals surface area (Å²) < 4.78 is 0. The lowest BCUT2D eigenvalue weighted by Gasteiger charge is -2.72. The average molecular weight is 489 g/mol. The monoisotopic (exact) mass is 488 g/mol. The standard InChI is InChI=1S/C30H48O5/c1-16-10-13-30(25(34)35)15-14-27(5)18(21(30)17(16)2)8-9-20-28(27,6)12-11-19-26(3,4)23(32)22(31)24(33)29(19,20)7/h8,16-17,19-24,31-33H,9-15H2,1-7H3,(H,34,35)/t16-,17+,19+,20+,21+,22+,23+,24+,27-,28-,29+,30+/m1/s1. The van der Waals surface area contributed by atoms with Crippen molar-refractivity contribution in [2.45, 2.75) is 112 Å². The summed E-state index contributed by atoms with van der Waals surface area (Å²) in [5.74, 6) is 0.545. The Kier molecular flexibility index (Phi) is 5.56. The van der Waals surface area contributed by atoms with Crippen molar-refractivity contribution in [2.24, 2.45) is 56.7 Å². The van der Waals surface area contributed by atoms with Crippen LogP contribution in [0, 0.1) is 56.7 Å². The molecule has 0 aliphatic heterocycles. The van der Waals surface area contributed by atoms with E-state index in [1.165, 1.54) is 5.57 Å². The number of carboxylic acid groups (broad SMARTS) is 1. The van der Waals surface area contributed by atoms with Crippen molar-refractivity contribution in [3.63, 3.8) is 0 Å². The van der Waals surface area contributed by atoms with Crippen molar-refractivity contribution < 1.29 is 25.2 Å². The SMILES string of the molecule is C[C@H]1[C@H](C)CC[C@]2(C(=O)O)CC[C@]3(C)C(=CC[C@@H]4[C@@]5(C)[C@@H](O)[C@@H](O)[C@H](O)C(C)(C)[C@@H]5CC[C@]43C)[C@H]12. The molecular formula is C30H48O5. The third kappa shape index (κ3) is 2.84. The van der Waals surface area contributed by atoms with Gasteiger partial charge in [0.2, 0.25) is 0 Å². The molecule has 5 aliphatic carbocycles. The minimum atomic E-state index is -1.16. The molecule has 4 saturated carbocycles. The van der Waals surface area contributed by atoms with Crippen LogP contribution in [0.5, 0.6) is 0 Å². The second-order valence-electron chi connectivity index (χ2n) is 14.7. The molecule has 5 aliphatic rings. The van der Waals surface area contributed by atoms with Crippen molar-refractivity contribution in [2.75, 3.05) is 0 Å². The van der Waals surface area contributed by atoms with Gasteiger partial charge in [0.1, 0.15) is 6.10 Å². The molecule has 35 heavy (non-hydrogen) atoms. The zero-order chi connectivity index (χ0) is 25.9. The van der Waals surface area contributed by atoms with Crippen LogP contribution in [-0.4, -0.2) is 44.7 Å². The molecule has 198 valence electrons. The Balaban J connectivity index is 1.65. The van der Waals surface area contributed by atoms with Gasteiger partial charge in [-0.05, 0) is 90.8 Å². The van der Waals surface area contributed by atoms with Crippen molar-refractivity contribution >= 4 is 5.97 Å². The third-order valence-corrected chi connectivity index (χ3v) is 13.5. The highest BCUT2D eigenvalue weighted by Crippen LogP contribution is 2.75. The van der Waals surface area contributed by atoms with Crippen LogP contribution in [0.15, 0.2) is 11.6 Å². The van der Waals surface area contributed by atoms with Gasteiger partial charge in [0, 0.05) is 5.41 Å².